The standard InChI is InChI=1S/C17H21F3N2O5/c1-16(2,3)27-15(25)21-9-8-14(24)26-10-13(23)22-12-7-5-4-6-11(12)17(18,19)20/h4-7H,8-10H2,1-3H3,(H,21,25)(H,22,23). The van der Waals surface area contributed by atoms with Gasteiger partial charge >= 0.3 is 18.2 Å². The second-order valence-electron chi connectivity index (χ2n) is 6.43. The number of anilines is 1. The van der Waals surface area contributed by atoms with Crippen molar-refractivity contribution in [2.45, 2.75) is 39.0 Å². The number of halogens is 3. The number of carbonyl (C=O) groups excluding carboxylic acids is 3. The second-order valence-corrected chi connectivity index (χ2v) is 6.43. The fraction of sp³-hybridized carbons (Fsp3) is 0.471. The lowest BCUT2D eigenvalue weighted by molar-refractivity contribution is -0.147. The minimum atomic E-state index is -4.63. The molecule has 0 aliphatic carbocycles. The molecule has 1 aromatic rings. The molecule has 0 fully saturated rings. The number of alkyl carbamates (subject to hydrolysis) is 1. The average Bonchev–Trinajstić information content (AvgIpc) is 2.50. The second kappa shape index (κ2) is 9.24. The van der Waals surface area contributed by atoms with Gasteiger partial charge in [0.1, 0.15) is 5.60 Å². The highest BCUT2D eigenvalue weighted by molar-refractivity contribution is 5.93. The van der Waals surface area contributed by atoms with Crippen molar-refractivity contribution in [2.24, 2.45) is 0 Å². The molecule has 0 aliphatic rings. The molecular weight excluding hydrogens is 369 g/mol. The van der Waals surface area contributed by atoms with Crippen LogP contribution in [0.1, 0.15) is 32.8 Å². The van der Waals surface area contributed by atoms with Gasteiger partial charge < -0.3 is 20.1 Å². The number of hydrogen-bond donors (Lipinski definition) is 2. The Kier molecular flexibility index (Phi) is 7.62. The van der Waals surface area contributed by atoms with Gasteiger partial charge in [-0.2, -0.15) is 13.2 Å². The maximum atomic E-state index is 12.8. The van der Waals surface area contributed by atoms with Crippen LogP contribution in [0.15, 0.2) is 24.3 Å². The normalized spacial score (nSPS) is 11.5. The van der Waals surface area contributed by atoms with Gasteiger partial charge in [-0.15, -0.1) is 0 Å². The molecule has 0 aliphatic heterocycles. The predicted molar refractivity (Wildman–Crippen MR) is 89.9 cm³/mol. The highest BCUT2D eigenvalue weighted by atomic mass is 19.4. The molecule has 10 heteroatoms. The molecule has 0 saturated carbocycles. The van der Waals surface area contributed by atoms with E-state index < -0.39 is 47.6 Å². The minimum absolute atomic E-state index is 0.0771. The molecule has 1 rings (SSSR count). The van der Waals surface area contributed by atoms with Crippen LogP contribution in [0.25, 0.3) is 0 Å². The van der Waals surface area contributed by atoms with Crippen LogP contribution in [0.2, 0.25) is 0 Å². The first kappa shape index (κ1) is 22.3. The maximum absolute atomic E-state index is 12.8. The molecule has 0 heterocycles. The molecule has 27 heavy (non-hydrogen) atoms. The van der Waals surface area contributed by atoms with Gasteiger partial charge in [-0.3, -0.25) is 9.59 Å². The van der Waals surface area contributed by atoms with Crippen molar-refractivity contribution >= 4 is 23.7 Å². The van der Waals surface area contributed by atoms with E-state index >= 15 is 0 Å². The van der Waals surface area contributed by atoms with E-state index in [1.54, 1.807) is 20.8 Å². The summed E-state index contributed by atoms with van der Waals surface area (Å²) < 4.78 is 48.1. The third-order valence-corrected chi connectivity index (χ3v) is 2.87. The van der Waals surface area contributed by atoms with Gasteiger partial charge in [-0.05, 0) is 32.9 Å². The summed E-state index contributed by atoms with van der Waals surface area (Å²) >= 11 is 0. The van der Waals surface area contributed by atoms with E-state index in [1.165, 1.54) is 12.1 Å². The van der Waals surface area contributed by atoms with Crippen LogP contribution in [0.4, 0.5) is 23.7 Å². The van der Waals surface area contributed by atoms with Gasteiger partial charge in [0.2, 0.25) is 0 Å². The summed E-state index contributed by atoms with van der Waals surface area (Å²) in [5, 5.41) is 4.38. The Morgan fingerprint density at radius 2 is 1.70 bits per heavy atom. The summed E-state index contributed by atoms with van der Waals surface area (Å²) in [5.41, 5.74) is -2.13. The number of rotatable bonds is 6. The number of para-hydroxylation sites is 1. The predicted octanol–water partition coefficient (Wildman–Crippen LogP) is 3.10. The monoisotopic (exact) mass is 390 g/mol. The molecule has 2 N–H and O–H groups in total. The molecule has 0 atom stereocenters. The van der Waals surface area contributed by atoms with Crippen LogP contribution in [-0.4, -0.2) is 36.7 Å². The van der Waals surface area contributed by atoms with Crippen LogP contribution in [0.5, 0.6) is 0 Å². The number of amides is 2. The van der Waals surface area contributed by atoms with Crippen LogP contribution in [0, 0.1) is 0 Å². The lowest BCUT2D eigenvalue weighted by Gasteiger charge is -2.19. The number of esters is 1. The van der Waals surface area contributed by atoms with Crippen LogP contribution < -0.4 is 10.6 Å². The summed E-state index contributed by atoms with van der Waals surface area (Å²) in [4.78, 5) is 34.6. The average molecular weight is 390 g/mol. The summed E-state index contributed by atoms with van der Waals surface area (Å²) in [5.74, 6) is -1.72. The molecule has 0 bridgehead atoms. The van der Waals surface area contributed by atoms with Crippen molar-refractivity contribution in [3.8, 4) is 0 Å². The summed E-state index contributed by atoms with van der Waals surface area (Å²) in [7, 11) is 0. The number of hydrogen-bond acceptors (Lipinski definition) is 5. The molecule has 0 unspecified atom stereocenters. The van der Waals surface area contributed by atoms with Crippen molar-refractivity contribution in [3.05, 3.63) is 29.8 Å². The van der Waals surface area contributed by atoms with Crippen molar-refractivity contribution in [1.82, 2.24) is 5.32 Å². The van der Waals surface area contributed by atoms with E-state index in [2.05, 4.69) is 10.1 Å². The highest BCUT2D eigenvalue weighted by Crippen LogP contribution is 2.34. The molecular formula is C17H21F3N2O5. The number of benzene rings is 1. The topological polar surface area (TPSA) is 93.7 Å². The molecule has 1 aromatic carbocycles. The minimum Gasteiger partial charge on any atom is -0.456 e. The number of nitrogens with one attached hydrogen (secondary N) is 2. The Hall–Kier alpha value is -2.78. The van der Waals surface area contributed by atoms with Gasteiger partial charge in [0.05, 0.1) is 17.7 Å². The summed E-state index contributed by atoms with van der Waals surface area (Å²) in [6, 6.07) is 4.44. The zero-order chi connectivity index (χ0) is 20.7. The lowest BCUT2D eigenvalue weighted by Crippen LogP contribution is -2.34. The number of ether oxygens (including phenoxy) is 2. The fourth-order valence-corrected chi connectivity index (χ4v) is 1.82. The van der Waals surface area contributed by atoms with Gasteiger partial charge in [-0.25, -0.2) is 4.79 Å². The van der Waals surface area contributed by atoms with Crippen molar-refractivity contribution in [3.63, 3.8) is 0 Å². The molecule has 0 spiro atoms. The van der Waals surface area contributed by atoms with Gasteiger partial charge in [-0.1, -0.05) is 12.1 Å². The van der Waals surface area contributed by atoms with E-state index in [-0.39, 0.29) is 13.0 Å². The zero-order valence-electron chi connectivity index (χ0n) is 15.1. The van der Waals surface area contributed by atoms with Crippen molar-refractivity contribution in [2.75, 3.05) is 18.5 Å². The van der Waals surface area contributed by atoms with E-state index in [4.69, 9.17) is 4.74 Å². The van der Waals surface area contributed by atoms with Crippen LogP contribution in [0.3, 0.4) is 0 Å². The molecule has 0 aromatic heterocycles. The van der Waals surface area contributed by atoms with E-state index in [0.29, 0.717) is 0 Å². The smallest absolute Gasteiger partial charge is 0.418 e. The molecule has 150 valence electrons. The third kappa shape index (κ3) is 8.93. The van der Waals surface area contributed by atoms with Gasteiger partial charge in [0.15, 0.2) is 6.61 Å². The SMILES string of the molecule is CC(C)(C)OC(=O)NCCC(=O)OCC(=O)Nc1ccccc1C(F)(F)F. The van der Waals surface area contributed by atoms with Crippen molar-refractivity contribution < 1.29 is 37.0 Å². The molecule has 2 amide bonds. The van der Waals surface area contributed by atoms with Gasteiger partial charge in [0, 0.05) is 6.54 Å². The Balaban J connectivity index is 2.39. The first-order valence-electron chi connectivity index (χ1n) is 7.97. The molecule has 0 saturated heterocycles. The van der Waals surface area contributed by atoms with Crippen LogP contribution >= 0.6 is 0 Å². The summed E-state index contributed by atoms with van der Waals surface area (Å²) in [6.07, 6.45) is -5.57. The highest BCUT2D eigenvalue weighted by Gasteiger charge is 2.33. The Bertz CT molecular complexity index is 684. The molecule has 0 radical (unpaired) electrons. The third-order valence-electron chi connectivity index (χ3n) is 2.87. The number of alkyl halides is 3. The number of carbonyl (C=O) groups is 3. The van der Waals surface area contributed by atoms with Gasteiger partial charge in [0.25, 0.3) is 5.91 Å². The first-order valence-corrected chi connectivity index (χ1v) is 7.97. The summed E-state index contributed by atoms with van der Waals surface area (Å²) in [6.45, 7) is 4.20. The Morgan fingerprint density at radius 1 is 1.07 bits per heavy atom. The molecule has 7 nitrogen and oxygen atoms in total. The van der Waals surface area contributed by atoms with Crippen LogP contribution in [-0.2, 0) is 25.2 Å². The van der Waals surface area contributed by atoms with E-state index in [9.17, 15) is 27.6 Å². The fourth-order valence-electron chi connectivity index (χ4n) is 1.82. The van der Waals surface area contributed by atoms with E-state index in [1.807, 2.05) is 5.32 Å². The Labute approximate surface area is 154 Å². The maximum Gasteiger partial charge on any atom is 0.418 e. The lowest BCUT2D eigenvalue weighted by atomic mass is 10.1. The van der Waals surface area contributed by atoms with Crippen molar-refractivity contribution in [1.29, 1.82) is 0 Å². The Morgan fingerprint density at radius 3 is 2.30 bits per heavy atom. The van der Waals surface area contributed by atoms with E-state index in [0.717, 1.165) is 12.1 Å². The largest absolute Gasteiger partial charge is 0.456 e. The quantitative estimate of drug-likeness (QED) is 0.728. The zero-order valence-corrected chi connectivity index (χ0v) is 15.1. The first-order chi connectivity index (χ1) is 12.4.